The van der Waals surface area contributed by atoms with E-state index in [1.54, 1.807) is 0 Å². The molecule has 7 nitrogen and oxygen atoms in total. The number of hydrogen-bond donors (Lipinski definition) is 1. The Morgan fingerprint density at radius 3 is 2.32 bits per heavy atom. The average molecular weight is 414 g/mol. The fourth-order valence-electron chi connectivity index (χ4n) is 6.18. The molecule has 28 heavy (non-hydrogen) atoms. The molecular weight excluding hydrogens is 382 g/mol. The Balaban J connectivity index is 0.00000225. The molecule has 0 radical (unpaired) electrons. The third-order valence-corrected chi connectivity index (χ3v) is 7.39. The number of aliphatic hydroxyl groups excluding tert-OH is 1. The summed E-state index contributed by atoms with van der Waals surface area (Å²) in [6, 6.07) is 0. The molecule has 3 aliphatic carbocycles. The second-order valence-corrected chi connectivity index (χ2v) is 9.55. The number of ketones is 1. The lowest BCUT2D eigenvalue weighted by Crippen LogP contribution is -2.56. The summed E-state index contributed by atoms with van der Waals surface area (Å²) < 4.78 is 0. The van der Waals surface area contributed by atoms with Gasteiger partial charge < -0.3 is 10.0 Å². The lowest BCUT2D eigenvalue weighted by molar-refractivity contribution is -0.157. The molecule has 5 rings (SSSR count). The van der Waals surface area contributed by atoms with Gasteiger partial charge >= 0.3 is 0 Å². The highest BCUT2D eigenvalue weighted by molar-refractivity contribution is 6.09. The number of nitrogens with zero attached hydrogens (tertiary/aromatic N) is 3. The van der Waals surface area contributed by atoms with Gasteiger partial charge in [0.1, 0.15) is 5.78 Å². The molecule has 6 atom stereocenters. The summed E-state index contributed by atoms with van der Waals surface area (Å²) in [7, 11) is 2.08. The number of β-amino-alcohol motifs (C(OH)–C–C–N with tert-alkyl or cyclic N) is 1. The average Bonchev–Trinajstić information content (AvgIpc) is 2.82. The van der Waals surface area contributed by atoms with Crippen LogP contribution in [0.3, 0.4) is 0 Å². The first kappa shape index (κ1) is 21.7. The van der Waals surface area contributed by atoms with Crippen LogP contribution in [-0.4, -0.2) is 89.8 Å². The van der Waals surface area contributed by atoms with Crippen LogP contribution in [0.4, 0.5) is 0 Å². The minimum absolute atomic E-state index is 0. The fourth-order valence-corrected chi connectivity index (χ4v) is 6.18. The van der Waals surface area contributed by atoms with Crippen LogP contribution in [0.2, 0.25) is 0 Å². The van der Waals surface area contributed by atoms with E-state index in [2.05, 4.69) is 16.8 Å². The number of fused-ring (bicyclic) bond motifs is 2. The number of carbonyl (C=O) groups excluding carboxylic acids is 3. The van der Waals surface area contributed by atoms with Gasteiger partial charge in [0.15, 0.2) is 0 Å². The number of piperazine rings is 1. The van der Waals surface area contributed by atoms with Crippen LogP contribution in [0.15, 0.2) is 0 Å². The molecule has 0 aromatic carbocycles. The van der Waals surface area contributed by atoms with E-state index in [0.717, 1.165) is 32.6 Å². The summed E-state index contributed by atoms with van der Waals surface area (Å²) in [5.74, 6) is -1.35. The van der Waals surface area contributed by atoms with Crippen molar-refractivity contribution >= 4 is 30.0 Å². The van der Waals surface area contributed by atoms with Crippen molar-refractivity contribution in [3.8, 4) is 0 Å². The van der Waals surface area contributed by atoms with E-state index >= 15 is 0 Å². The predicted octanol–water partition coefficient (Wildman–Crippen LogP) is 0.253. The predicted molar refractivity (Wildman–Crippen MR) is 106 cm³/mol. The van der Waals surface area contributed by atoms with Gasteiger partial charge in [-0.3, -0.25) is 24.2 Å². The molecule has 3 saturated carbocycles. The van der Waals surface area contributed by atoms with Crippen molar-refractivity contribution < 1.29 is 19.5 Å². The van der Waals surface area contributed by atoms with Gasteiger partial charge in [0, 0.05) is 45.1 Å². The van der Waals surface area contributed by atoms with E-state index < -0.39 is 17.4 Å². The zero-order chi connectivity index (χ0) is 19.5. The molecule has 0 aromatic heterocycles. The first-order chi connectivity index (χ1) is 12.7. The maximum Gasteiger partial charge on any atom is 0.233 e. The SMILES string of the molecule is CC1CC2(C)CC(=O)C1C1C(=O)N(CC(O)CN3CCN(C)CC3)C(=O)C12.Cl. The minimum Gasteiger partial charge on any atom is -0.390 e. The van der Waals surface area contributed by atoms with E-state index in [1.165, 1.54) is 4.90 Å². The van der Waals surface area contributed by atoms with Crippen molar-refractivity contribution in [1.29, 1.82) is 0 Å². The zero-order valence-electron chi connectivity index (χ0n) is 17.0. The van der Waals surface area contributed by atoms with Crippen molar-refractivity contribution in [2.24, 2.45) is 29.1 Å². The van der Waals surface area contributed by atoms with Gasteiger partial charge in [0.25, 0.3) is 0 Å². The number of hydrogen-bond acceptors (Lipinski definition) is 6. The van der Waals surface area contributed by atoms with E-state index in [-0.39, 0.29) is 54.3 Å². The van der Waals surface area contributed by atoms with Gasteiger partial charge in [-0.05, 0) is 24.8 Å². The van der Waals surface area contributed by atoms with Crippen LogP contribution in [0.5, 0.6) is 0 Å². The van der Waals surface area contributed by atoms with Gasteiger partial charge in [0.05, 0.1) is 24.5 Å². The molecular formula is C20H32ClN3O4. The summed E-state index contributed by atoms with van der Waals surface area (Å²) in [6.07, 6.45) is 0.473. The number of imide groups is 1. The van der Waals surface area contributed by atoms with Crippen LogP contribution in [0.25, 0.3) is 0 Å². The smallest absolute Gasteiger partial charge is 0.233 e. The van der Waals surface area contributed by atoms with E-state index in [9.17, 15) is 19.5 Å². The van der Waals surface area contributed by atoms with Crippen LogP contribution in [-0.2, 0) is 14.4 Å². The Labute approximate surface area is 172 Å². The number of carbonyl (C=O) groups is 3. The summed E-state index contributed by atoms with van der Waals surface area (Å²) >= 11 is 0. The first-order valence-electron chi connectivity index (χ1n) is 10.2. The number of rotatable bonds is 4. The van der Waals surface area contributed by atoms with Gasteiger partial charge in [0.2, 0.25) is 11.8 Å². The molecule has 2 heterocycles. The number of likely N-dealkylation sites (tertiary alicyclic amines) is 1. The van der Waals surface area contributed by atoms with E-state index in [0.29, 0.717) is 13.0 Å². The van der Waals surface area contributed by atoms with E-state index in [4.69, 9.17) is 0 Å². The molecule has 0 aromatic rings. The lowest BCUT2D eigenvalue weighted by atomic mass is 9.48. The fraction of sp³-hybridized carbons (Fsp3) is 0.850. The quantitative estimate of drug-likeness (QED) is 0.665. The number of amides is 2. The molecule has 2 aliphatic heterocycles. The molecule has 0 spiro atoms. The zero-order valence-corrected chi connectivity index (χ0v) is 17.8. The standard InChI is InChI=1S/C20H31N3O4.ClH/c1-12-8-20(2)9-14(25)15(12)16-17(20)19(27)23(18(16)26)11-13(24)10-22-6-4-21(3)5-7-22;/h12-13,15-17,24H,4-11H2,1-3H3;1H. The van der Waals surface area contributed by atoms with Crippen LogP contribution < -0.4 is 0 Å². The van der Waals surface area contributed by atoms with Crippen molar-refractivity contribution in [2.45, 2.75) is 32.8 Å². The molecule has 2 amide bonds. The molecule has 8 heteroatoms. The Hall–Kier alpha value is -1.02. The topological polar surface area (TPSA) is 81.2 Å². The highest BCUT2D eigenvalue weighted by Gasteiger charge is 2.67. The summed E-state index contributed by atoms with van der Waals surface area (Å²) in [5, 5.41) is 10.5. The largest absolute Gasteiger partial charge is 0.390 e. The summed E-state index contributed by atoms with van der Waals surface area (Å²) in [4.78, 5) is 44.4. The van der Waals surface area contributed by atoms with Gasteiger partial charge in [-0.15, -0.1) is 12.4 Å². The summed E-state index contributed by atoms with van der Waals surface area (Å²) in [5.41, 5.74) is -0.417. The monoisotopic (exact) mass is 413 g/mol. The highest BCUT2D eigenvalue weighted by atomic mass is 35.5. The summed E-state index contributed by atoms with van der Waals surface area (Å²) in [6.45, 7) is 8.21. The third-order valence-electron chi connectivity index (χ3n) is 7.39. The highest BCUT2D eigenvalue weighted by Crippen LogP contribution is 2.60. The molecule has 1 N–H and O–H groups in total. The molecule has 2 bridgehead atoms. The van der Waals surface area contributed by atoms with Gasteiger partial charge in [-0.1, -0.05) is 13.8 Å². The third kappa shape index (κ3) is 3.40. The maximum atomic E-state index is 13.1. The van der Waals surface area contributed by atoms with Crippen molar-refractivity contribution in [1.82, 2.24) is 14.7 Å². The Morgan fingerprint density at radius 1 is 1.07 bits per heavy atom. The van der Waals surface area contributed by atoms with Crippen LogP contribution >= 0.6 is 12.4 Å². The van der Waals surface area contributed by atoms with E-state index in [1.807, 2.05) is 13.8 Å². The van der Waals surface area contributed by atoms with Gasteiger partial charge in [-0.2, -0.15) is 0 Å². The number of likely N-dealkylation sites (N-methyl/N-ethyl adjacent to an activating group) is 1. The lowest BCUT2D eigenvalue weighted by Gasteiger charge is -2.52. The molecule has 5 fully saturated rings. The molecule has 6 unspecified atom stereocenters. The van der Waals surface area contributed by atoms with Crippen molar-refractivity contribution in [3.63, 3.8) is 0 Å². The first-order valence-corrected chi connectivity index (χ1v) is 10.2. The Bertz CT molecular complexity index is 666. The van der Waals surface area contributed by atoms with Crippen LogP contribution in [0.1, 0.15) is 26.7 Å². The van der Waals surface area contributed by atoms with Crippen molar-refractivity contribution in [3.05, 3.63) is 0 Å². The Kier molecular flexibility index (Phi) is 5.94. The minimum atomic E-state index is -0.750. The number of halogens is 1. The second-order valence-electron chi connectivity index (χ2n) is 9.55. The Morgan fingerprint density at radius 2 is 1.71 bits per heavy atom. The van der Waals surface area contributed by atoms with Crippen molar-refractivity contribution in [2.75, 3.05) is 46.3 Å². The molecule has 158 valence electrons. The van der Waals surface area contributed by atoms with Gasteiger partial charge in [-0.25, -0.2) is 0 Å². The number of aliphatic hydroxyl groups is 1. The molecule has 5 aliphatic rings. The van der Waals surface area contributed by atoms with Crippen LogP contribution in [0, 0.1) is 29.1 Å². The second kappa shape index (κ2) is 7.67. The normalized spacial score (nSPS) is 39.9. The maximum absolute atomic E-state index is 13.1. The number of Topliss-reactive ketones (excluding diaryl/α,β-unsaturated/α-hetero) is 1. The molecule has 2 saturated heterocycles.